The van der Waals surface area contributed by atoms with Crippen LogP contribution in [0.5, 0.6) is 5.75 Å². The van der Waals surface area contributed by atoms with Gasteiger partial charge in [0.25, 0.3) is 0 Å². The smallest absolute Gasteiger partial charge is 0.225 e. The van der Waals surface area contributed by atoms with Gasteiger partial charge in [-0.25, -0.2) is 0 Å². The van der Waals surface area contributed by atoms with E-state index in [0.29, 0.717) is 19.4 Å². The molecular weight excluding hydrogens is 410 g/mol. The summed E-state index contributed by atoms with van der Waals surface area (Å²) in [4.78, 5) is 26.1. The average Bonchev–Trinajstić information content (AvgIpc) is 2.83. The van der Waals surface area contributed by atoms with Gasteiger partial charge >= 0.3 is 0 Å². The minimum atomic E-state index is -0.285. The van der Waals surface area contributed by atoms with E-state index in [1.165, 1.54) is 5.56 Å². The molecule has 2 atom stereocenters. The summed E-state index contributed by atoms with van der Waals surface area (Å²) in [6.45, 7) is 2.49. The van der Waals surface area contributed by atoms with Gasteiger partial charge in [0.1, 0.15) is 12.4 Å². The number of carbonyl (C=O) groups is 2. The normalized spacial score (nSPS) is 20.3. The lowest BCUT2D eigenvalue weighted by Crippen LogP contribution is -2.38. The number of carbonyl (C=O) groups excluding carboxylic acids is 2. The lowest BCUT2D eigenvalue weighted by atomic mass is 9.73. The van der Waals surface area contributed by atoms with E-state index in [2.05, 4.69) is 36.5 Å². The van der Waals surface area contributed by atoms with Gasteiger partial charge < -0.3 is 10.1 Å². The van der Waals surface area contributed by atoms with E-state index in [9.17, 15) is 9.59 Å². The molecule has 4 heteroatoms. The Morgan fingerprint density at radius 1 is 0.848 bits per heavy atom. The first-order valence-corrected chi connectivity index (χ1v) is 11.5. The molecular formula is C29H27NO3. The van der Waals surface area contributed by atoms with Gasteiger partial charge in [0, 0.05) is 35.6 Å². The van der Waals surface area contributed by atoms with Crippen molar-refractivity contribution in [3.8, 4) is 5.75 Å². The highest BCUT2D eigenvalue weighted by atomic mass is 16.5. The van der Waals surface area contributed by atoms with Gasteiger partial charge in [-0.1, -0.05) is 78.4 Å². The van der Waals surface area contributed by atoms with Crippen LogP contribution in [0.3, 0.4) is 0 Å². The second kappa shape index (κ2) is 9.07. The standard InChI is InChI=1S/C29H27NO3/c1-19-11-13-21(14-12-19)22-15-25-29(26(31)16-22)24(17-28(32)30-25)23-9-5-6-10-27(23)33-18-20-7-3-2-4-8-20/h2-14,22,24H,15-18H2,1H3,(H,30,32)/t22-,24+/m1/s1. The molecule has 0 saturated carbocycles. The Hall–Kier alpha value is -3.66. The van der Waals surface area contributed by atoms with E-state index in [1.54, 1.807) is 0 Å². The van der Waals surface area contributed by atoms with Gasteiger partial charge in [-0.15, -0.1) is 0 Å². The number of ketones is 1. The molecule has 2 aliphatic rings. The number of amides is 1. The molecule has 0 radical (unpaired) electrons. The van der Waals surface area contributed by atoms with Crippen molar-refractivity contribution < 1.29 is 14.3 Å². The summed E-state index contributed by atoms with van der Waals surface area (Å²) in [7, 11) is 0. The number of hydrogen-bond acceptors (Lipinski definition) is 3. The first-order chi connectivity index (χ1) is 16.1. The molecule has 1 heterocycles. The second-order valence-electron chi connectivity index (χ2n) is 8.95. The zero-order valence-corrected chi connectivity index (χ0v) is 18.7. The molecule has 1 aliphatic carbocycles. The summed E-state index contributed by atoms with van der Waals surface area (Å²) in [6.07, 6.45) is 1.38. The Labute approximate surface area is 194 Å². The lowest BCUT2D eigenvalue weighted by Gasteiger charge is -2.35. The van der Waals surface area contributed by atoms with Gasteiger partial charge in [0.2, 0.25) is 5.91 Å². The molecule has 3 aromatic carbocycles. The number of ether oxygens (including phenoxy) is 1. The molecule has 0 saturated heterocycles. The van der Waals surface area contributed by atoms with Crippen LogP contribution in [-0.4, -0.2) is 11.7 Å². The summed E-state index contributed by atoms with van der Waals surface area (Å²) in [5, 5.41) is 3.02. The third kappa shape index (κ3) is 4.47. The number of rotatable bonds is 5. The van der Waals surface area contributed by atoms with E-state index in [0.717, 1.165) is 33.7 Å². The van der Waals surface area contributed by atoms with Crippen LogP contribution in [0.2, 0.25) is 0 Å². The number of hydrogen-bond donors (Lipinski definition) is 1. The van der Waals surface area contributed by atoms with Gasteiger partial charge in [-0.3, -0.25) is 9.59 Å². The highest BCUT2D eigenvalue weighted by molar-refractivity contribution is 6.02. The van der Waals surface area contributed by atoms with Crippen LogP contribution in [0.15, 0.2) is 90.1 Å². The number of nitrogens with one attached hydrogen (secondary N) is 1. The molecule has 4 nitrogen and oxygen atoms in total. The van der Waals surface area contributed by atoms with Crippen LogP contribution >= 0.6 is 0 Å². The van der Waals surface area contributed by atoms with Gasteiger partial charge in [-0.05, 0) is 36.5 Å². The summed E-state index contributed by atoms with van der Waals surface area (Å²) >= 11 is 0. The van der Waals surface area contributed by atoms with Crippen LogP contribution in [0, 0.1) is 6.92 Å². The van der Waals surface area contributed by atoms with Crippen molar-refractivity contribution in [3.05, 3.63) is 112 Å². The lowest BCUT2D eigenvalue weighted by molar-refractivity contribution is -0.122. The molecule has 1 aliphatic heterocycles. The molecule has 0 unspecified atom stereocenters. The van der Waals surface area contributed by atoms with E-state index in [1.807, 2.05) is 54.6 Å². The van der Waals surface area contributed by atoms with Crippen LogP contribution in [-0.2, 0) is 16.2 Å². The maximum absolute atomic E-state index is 13.4. The summed E-state index contributed by atoms with van der Waals surface area (Å²) in [5.41, 5.74) is 5.83. The number of aryl methyl sites for hydroxylation is 1. The Balaban J connectivity index is 1.45. The van der Waals surface area contributed by atoms with E-state index < -0.39 is 0 Å². The van der Waals surface area contributed by atoms with Crippen LogP contribution in [0.4, 0.5) is 0 Å². The third-order valence-electron chi connectivity index (χ3n) is 6.62. The summed E-state index contributed by atoms with van der Waals surface area (Å²) < 4.78 is 6.16. The number of Topliss-reactive ketones (excluding diaryl/α,β-unsaturated/α-hetero) is 1. The largest absolute Gasteiger partial charge is 0.489 e. The van der Waals surface area contributed by atoms with Gasteiger partial charge in [-0.2, -0.15) is 0 Å². The molecule has 3 aromatic rings. The van der Waals surface area contributed by atoms with Crippen molar-refractivity contribution in [2.24, 2.45) is 0 Å². The van der Waals surface area contributed by atoms with Gasteiger partial charge in [0.15, 0.2) is 5.78 Å². The first-order valence-electron chi connectivity index (χ1n) is 11.5. The Morgan fingerprint density at radius 3 is 2.36 bits per heavy atom. The average molecular weight is 438 g/mol. The topological polar surface area (TPSA) is 55.4 Å². The zero-order chi connectivity index (χ0) is 22.8. The van der Waals surface area contributed by atoms with Crippen molar-refractivity contribution in [3.63, 3.8) is 0 Å². The predicted octanol–water partition coefficient (Wildman–Crippen LogP) is 5.58. The SMILES string of the molecule is Cc1ccc([C@H]2CC(=O)C3=C(C2)NC(=O)C[C@H]3c2ccccc2OCc2ccccc2)cc1. The van der Waals surface area contributed by atoms with Crippen molar-refractivity contribution in [2.75, 3.05) is 0 Å². The summed E-state index contributed by atoms with van der Waals surface area (Å²) in [6, 6.07) is 26.1. The van der Waals surface area contributed by atoms with E-state index in [4.69, 9.17) is 4.74 Å². The van der Waals surface area contributed by atoms with Crippen molar-refractivity contribution in [1.29, 1.82) is 0 Å². The first kappa shape index (κ1) is 21.2. The fourth-order valence-corrected chi connectivity index (χ4v) is 4.94. The van der Waals surface area contributed by atoms with Crippen molar-refractivity contribution in [2.45, 2.75) is 44.6 Å². The molecule has 0 aromatic heterocycles. The second-order valence-corrected chi connectivity index (χ2v) is 8.95. The number of benzene rings is 3. The minimum absolute atomic E-state index is 0.0473. The highest BCUT2D eigenvalue weighted by Gasteiger charge is 2.39. The third-order valence-corrected chi connectivity index (χ3v) is 6.62. The van der Waals surface area contributed by atoms with Crippen LogP contribution < -0.4 is 10.1 Å². The minimum Gasteiger partial charge on any atom is -0.489 e. The van der Waals surface area contributed by atoms with Crippen molar-refractivity contribution in [1.82, 2.24) is 5.32 Å². The molecule has 33 heavy (non-hydrogen) atoms. The fourth-order valence-electron chi connectivity index (χ4n) is 4.94. The van der Waals surface area contributed by atoms with E-state index in [-0.39, 0.29) is 29.9 Å². The monoisotopic (exact) mass is 437 g/mol. The maximum Gasteiger partial charge on any atom is 0.225 e. The number of allylic oxidation sites excluding steroid dienone is 2. The highest BCUT2D eigenvalue weighted by Crippen LogP contribution is 2.44. The van der Waals surface area contributed by atoms with E-state index >= 15 is 0 Å². The molecule has 0 bridgehead atoms. The Bertz CT molecular complexity index is 1210. The molecule has 166 valence electrons. The maximum atomic E-state index is 13.4. The molecule has 5 rings (SSSR count). The predicted molar refractivity (Wildman–Crippen MR) is 128 cm³/mol. The van der Waals surface area contributed by atoms with Crippen molar-refractivity contribution >= 4 is 11.7 Å². The molecule has 0 spiro atoms. The molecule has 1 amide bonds. The Morgan fingerprint density at radius 2 is 1.58 bits per heavy atom. The quantitative estimate of drug-likeness (QED) is 0.567. The zero-order valence-electron chi connectivity index (χ0n) is 18.7. The molecule has 1 N–H and O–H groups in total. The van der Waals surface area contributed by atoms with Crippen LogP contribution in [0.1, 0.15) is 53.4 Å². The Kier molecular flexibility index (Phi) is 5.82. The fraction of sp³-hybridized carbons (Fsp3) is 0.241. The molecule has 0 fully saturated rings. The van der Waals surface area contributed by atoms with Gasteiger partial charge in [0.05, 0.1) is 0 Å². The van der Waals surface area contributed by atoms with Crippen LogP contribution in [0.25, 0.3) is 0 Å². The summed E-state index contributed by atoms with van der Waals surface area (Å²) in [5.74, 6) is 0.590. The number of para-hydroxylation sites is 1.